The summed E-state index contributed by atoms with van der Waals surface area (Å²) < 4.78 is 10.9. The lowest BCUT2D eigenvalue weighted by Crippen LogP contribution is -2.39. The third-order valence-corrected chi connectivity index (χ3v) is 10.6. The number of amides is 4. The van der Waals surface area contributed by atoms with Gasteiger partial charge >= 0.3 is 6.09 Å². The van der Waals surface area contributed by atoms with E-state index in [1.807, 2.05) is 33.8 Å². The van der Waals surface area contributed by atoms with Gasteiger partial charge in [0.2, 0.25) is 5.91 Å². The van der Waals surface area contributed by atoms with Crippen molar-refractivity contribution in [3.63, 3.8) is 0 Å². The number of anilines is 2. The number of hydrogen-bond donors (Lipinski definition) is 4. The van der Waals surface area contributed by atoms with Gasteiger partial charge in [-0.3, -0.25) is 14.4 Å². The number of methoxy groups -OCH3 is 1. The first kappa shape index (κ1) is 39.4. The topological polar surface area (TPSA) is 170 Å². The number of ether oxygens (including phenoxy) is 2. The lowest BCUT2D eigenvalue weighted by molar-refractivity contribution is -0.116. The van der Waals surface area contributed by atoms with Crippen molar-refractivity contribution in [2.75, 3.05) is 24.3 Å². The number of carbonyl (C=O) groups excluding carboxylic acids is 4. The summed E-state index contributed by atoms with van der Waals surface area (Å²) in [4.78, 5) is 56.3. The number of fused-ring (bicyclic) bond motifs is 1. The normalized spacial score (nSPS) is 13.2. The van der Waals surface area contributed by atoms with Gasteiger partial charge in [-0.1, -0.05) is 31.2 Å². The van der Waals surface area contributed by atoms with Gasteiger partial charge in [-0.15, -0.1) is 23.1 Å². The minimum Gasteiger partial charge on any atom is -0.508 e. The number of benzene rings is 3. The van der Waals surface area contributed by atoms with Crippen molar-refractivity contribution in [2.24, 2.45) is 0 Å². The molecule has 1 aliphatic rings. The van der Waals surface area contributed by atoms with E-state index in [2.05, 4.69) is 22.0 Å². The zero-order chi connectivity index (χ0) is 39.0. The SMILES string of the molecule is CCC(Sc1cccc(NC(=O)/C(=C\c2ccc(O)cc2OC)NC(=O)c2ccccc2)c1)C(=O)Nc1sc2c(c1C#N)CCN(C(=O)OC(C)(C)C)C2. The predicted octanol–water partition coefficient (Wildman–Crippen LogP) is 7.55. The molecule has 0 spiro atoms. The smallest absolute Gasteiger partial charge is 0.410 e. The molecule has 5 rings (SSSR count). The maximum atomic E-state index is 13.7. The second-order valence-electron chi connectivity index (χ2n) is 13.3. The number of carbonyl (C=O) groups is 4. The van der Waals surface area contributed by atoms with Crippen molar-refractivity contribution in [1.29, 1.82) is 5.26 Å². The van der Waals surface area contributed by atoms with Gasteiger partial charge < -0.3 is 35.4 Å². The highest BCUT2D eigenvalue weighted by atomic mass is 32.2. The average molecular weight is 768 g/mol. The Labute approximate surface area is 322 Å². The molecule has 280 valence electrons. The summed E-state index contributed by atoms with van der Waals surface area (Å²) in [6, 6.07) is 22.1. The Morgan fingerprint density at radius 1 is 1.06 bits per heavy atom. The molecule has 0 fully saturated rings. The van der Waals surface area contributed by atoms with E-state index in [1.165, 1.54) is 48.4 Å². The lowest BCUT2D eigenvalue weighted by atomic mass is 10.0. The van der Waals surface area contributed by atoms with Crippen LogP contribution in [0.3, 0.4) is 0 Å². The third-order valence-electron chi connectivity index (χ3n) is 8.14. The van der Waals surface area contributed by atoms with Crippen LogP contribution in [-0.2, 0) is 27.3 Å². The van der Waals surface area contributed by atoms with E-state index in [4.69, 9.17) is 9.47 Å². The molecule has 0 saturated heterocycles. The summed E-state index contributed by atoms with van der Waals surface area (Å²) in [7, 11) is 1.43. The van der Waals surface area contributed by atoms with Crippen molar-refractivity contribution in [3.05, 3.63) is 106 Å². The van der Waals surface area contributed by atoms with Crippen LogP contribution < -0.4 is 20.7 Å². The number of thioether (sulfide) groups is 1. The van der Waals surface area contributed by atoms with E-state index >= 15 is 0 Å². The Morgan fingerprint density at radius 2 is 1.81 bits per heavy atom. The minimum atomic E-state index is -0.634. The molecular formula is C40H41N5O7S2. The Kier molecular flexibility index (Phi) is 12.7. The van der Waals surface area contributed by atoms with Crippen LogP contribution in [0.4, 0.5) is 15.5 Å². The summed E-state index contributed by atoms with van der Waals surface area (Å²) in [5.74, 6) is -1.13. The number of phenols is 1. The van der Waals surface area contributed by atoms with Crippen LogP contribution in [0.15, 0.2) is 83.4 Å². The molecule has 1 aromatic heterocycles. The van der Waals surface area contributed by atoms with Gasteiger partial charge in [-0.2, -0.15) is 5.26 Å². The van der Waals surface area contributed by atoms with Crippen molar-refractivity contribution in [2.45, 2.75) is 62.8 Å². The highest BCUT2D eigenvalue weighted by Crippen LogP contribution is 2.38. The highest BCUT2D eigenvalue weighted by molar-refractivity contribution is 8.00. The van der Waals surface area contributed by atoms with Crippen LogP contribution >= 0.6 is 23.1 Å². The molecule has 0 saturated carbocycles. The Bertz CT molecular complexity index is 2120. The molecule has 0 bridgehead atoms. The molecule has 3 aromatic carbocycles. The first-order valence-corrected chi connectivity index (χ1v) is 18.8. The molecular weight excluding hydrogens is 727 g/mol. The zero-order valence-electron chi connectivity index (χ0n) is 30.5. The van der Waals surface area contributed by atoms with E-state index < -0.39 is 28.8 Å². The van der Waals surface area contributed by atoms with E-state index in [9.17, 15) is 29.5 Å². The van der Waals surface area contributed by atoms with Crippen molar-refractivity contribution >= 4 is 63.7 Å². The van der Waals surface area contributed by atoms with Gasteiger partial charge in [0.15, 0.2) is 0 Å². The molecule has 4 aromatic rings. The summed E-state index contributed by atoms with van der Waals surface area (Å²) in [6.07, 6.45) is 1.98. The van der Waals surface area contributed by atoms with E-state index in [0.717, 1.165) is 10.4 Å². The maximum Gasteiger partial charge on any atom is 0.410 e. The molecule has 1 unspecified atom stereocenters. The van der Waals surface area contributed by atoms with Gasteiger partial charge in [0, 0.05) is 39.2 Å². The van der Waals surface area contributed by atoms with E-state index in [1.54, 1.807) is 59.5 Å². The maximum absolute atomic E-state index is 13.7. The van der Waals surface area contributed by atoms with Crippen molar-refractivity contribution in [3.8, 4) is 17.6 Å². The zero-order valence-corrected chi connectivity index (χ0v) is 32.2. The predicted molar refractivity (Wildman–Crippen MR) is 210 cm³/mol. The second kappa shape index (κ2) is 17.4. The van der Waals surface area contributed by atoms with Gasteiger partial charge in [-0.05, 0) is 87.7 Å². The Morgan fingerprint density at radius 3 is 2.50 bits per heavy atom. The Hall–Kier alpha value is -5.78. The summed E-state index contributed by atoms with van der Waals surface area (Å²) in [5.41, 5.74) is 1.75. The quantitative estimate of drug-likeness (QED) is 0.0889. The van der Waals surface area contributed by atoms with Gasteiger partial charge in [0.25, 0.3) is 11.8 Å². The molecule has 1 aliphatic heterocycles. The fourth-order valence-corrected chi connectivity index (χ4v) is 7.76. The standard InChI is InChI=1S/C40H41N5O7S2/c1-6-33(37(49)44-38-30(22-41)29-17-18-45(23-34(29)54-38)39(50)52-40(2,3)4)53-28-14-10-13-26(20-28)42-36(48)31(43-35(47)24-11-8-7-9-12-24)19-25-15-16-27(46)21-32(25)51-5/h7-16,19-21,33,46H,6,17-18,23H2,1-5H3,(H,42,48)(H,43,47)(H,44,49)/b31-19+. The molecule has 0 aliphatic carbocycles. The monoisotopic (exact) mass is 767 g/mol. The third kappa shape index (κ3) is 10.00. The fraction of sp³-hybridized carbons (Fsp3) is 0.275. The van der Waals surface area contributed by atoms with Crippen molar-refractivity contribution in [1.82, 2.24) is 10.2 Å². The molecule has 1 atom stereocenters. The summed E-state index contributed by atoms with van der Waals surface area (Å²) in [5, 5.41) is 28.3. The molecule has 4 N–H and O–H groups in total. The van der Waals surface area contributed by atoms with E-state index in [0.29, 0.717) is 64.0 Å². The van der Waals surface area contributed by atoms with Crippen LogP contribution in [0.5, 0.6) is 11.5 Å². The van der Waals surface area contributed by atoms with Gasteiger partial charge in [-0.25, -0.2) is 4.79 Å². The molecule has 0 radical (unpaired) electrons. The van der Waals surface area contributed by atoms with Crippen LogP contribution in [0.1, 0.15) is 66.0 Å². The van der Waals surface area contributed by atoms with Crippen LogP contribution in [0.2, 0.25) is 0 Å². The fourth-order valence-electron chi connectivity index (χ4n) is 5.53. The number of nitrogens with zero attached hydrogens (tertiary/aromatic N) is 2. The van der Waals surface area contributed by atoms with Gasteiger partial charge in [0.05, 0.1) is 24.5 Å². The molecule has 2 heterocycles. The Balaban J connectivity index is 1.30. The largest absolute Gasteiger partial charge is 0.508 e. The number of thiophene rings is 1. The number of rotatable bonds is 11. The molecule has 14 heteroatoms. The summed E-state index contributed by atoms with van der Waals surface area (Å²) >= 11 is 2.59. The van der Waals surface area contributed by atoms with Crippen molar-refractivity contribution < 1.29 is 33.8 Å². The lowest BCUT2D eigenvalue weighted by Gasteiger charge is -2.29. The van der Waals surface area contributed by atoms with E-state index in [-0.39, 0.29) is 17.4 Å². The summed E-state index contributed by atoms with van der Waals surface area (Å²) in [6.45, 7) is 8.01. The van der Waals surface area contributed by atoms with Crippen LogP contribution in [-0.4, -0.2) is 58.3 Å². The number of nitrogens with one attached hydrogen (secondary N) is 3. The first-order valence-electron chi connectivity index (χ1n) is 17.1. The second-order valence-corrected chi connectivity index (χ2v) is 15.6. The number of hydrogen-bond acceptors (Lipinski definition) is 10. The molecule has 12 nitrogen and oxygen atoms in total. The van der Waals surface area contributed by atoms with Crippen LogP contribution in [0.25, 0.3) is 6.08 Å². The number of aromatic hydroxyl groups is 1. The number of nitriles is 1. The molecule has 4 amide bonds. The highest BCUT2D eigenvalue weighted by Gasteiger charge is 2.31. The average Bonchev–Trinajstić information content (AvgIpc) is 3.49. The number of phenolic OH excluding ortho intramolecular Hbond substituents is 1. The van der Waals surface area contributed by atoms with Gasteiger partial charge in [0.1, 0.15) is 33.9 Å². The minimum absolute atomic E-state index is 0.0247. The van der Waals surface area contributed by atoms with Crippen LogP contribution in [0, 0.1) is 11.3 Å². The molecule has 54 heavy (non-hydrogen) atoms. The first-order chi connectivity index (χ1) is 25.8.